The highest BCUT2D eigenvalue weighted by molar-refractivity contribution is 5.79. The van der Waals surface area contributed by atoms with E-state index in [1.165, 1.54) is 0 Å². The number of likely N-dealkylation sites (tertiary alicyclic amines) is 1. The van der Waals surface area contributed by atoms with Gasteiger partial charge >= 0.3 is 0 Å². The Balaban J connectivity index is 2.38. The second kappa shape index (κ2) is 8.54. The molecule has 1 atom stereocenters. The van der Waals surface area contributed by atoms with Gasteiger partial charge < -0.3 is 14.5 Å². The first-order chi connectivity index (χ1) is 9.08. The number of hydrogen-bond acceptors (Lipinski definition) is 3. The van der Waals surface area contributed by atoms with Crippen molar-refractivity contribution in [2.75, 3.05) is 39.3 Å². The molecule has 0 aromatic rings. The van der Waals surface area contributed by atoms with Crippen molar-refractivity contribution in [2.45, 2.75) is 46.6 Å². The Morgan fingerprint density at radius 3 is 2.63 bits per heavy atom. The zero-order valence-electron chi connectivity index (χ0n) is 13.0. The molecule has 0 spiro atoms. The first-order valence-corrected chi connectivity index (χ1v) is 7.71. The molecule has 112 valence electrons. The molecule has 0 saturated carbocycles. The molecule has 0 bridgehead atoms. The van der Waals surface area contributed by atoms with Gasteiger partial charge in [-0.1, -0.05) is 0 Å². The lowest BCUT2D eigenvalue weighted by Crippen LogP contribution is -2.45. The quantitative estimate of drug-likeness (QED) is 0.709. The van der Waals surface area contributed by atoms with Crippen LogP contribution in [0.2, 0.25) is 0 Å². The van der Waals surface area contributed by atoms with Crippen LogP contribution in [0, 0.1) is 5.92 Å². The van der Waals surface area contributed by atoms with Crippen LogP contribution in [0.25, 0.3) is 0 Å². The molecule has 1 unspecified atom stereocenters. The summed E-state index contributed by atoms with van der Waals surface area (Å²) in [5, 5.41) is 0. The van der Waals surface area contributed by atoms with Crippen LogP contribution in [-0.2, 0) is 9.53 Å². The van der Waals surface area contributed by atoms with Gasteiger partial charge in [-0.15, -0.1) is 0 Å². The standard InChI is InChI=1S/C15H30N2O2/c1-5-17(6-2)15(18)14-8-7-9-16(12-14)10-11-19-13(3)4/h13-14H,5-12H2,1-4H3. The third-order valence-corrected chi connectivity index (χ3v) is 3.79. The van der Waals surface area contributed by atoms with Crippen molar-refractivity contribution in [3.05, 3.63) is 0 Å². The van der Waals surface area contributed by atoms with Gasteiger partial charge in [0.2, 0.25) is 5.91 Å². The number of nitrogens with zero attached hydrogens (tertiary/aromatic N) is 2. The maximum Gasteiger partial charge on any atom is 0.226 e. The van der Waals surface area contributed by atoms with Gasteiger partial charge in [0.15, 0.2) is 0 Å². The predicted octanol–water partition coefficient (Wildman–Crippen LogP) is 1.99. The van der Waals surface area contributed by atoms with E-state index in [9.17, 15) is 4.79 Å². The summed E-state index contributed by atoms with van der Waals surface area (Å²) in [6.45, 7) is 13.6. The summed E-state index contributed by atoms with van der Waals surface area (Å²) in [6, 6.07) is 0. The summed E-state index contributed by atoms with van der Waals surface area (Å²) in [7, 11) is 0. The highest BCUT2D eigenvalue weighted by Crippen LogP contribution is 2.18. The van der Waals surface area contributed by atoms with Crippen LogP contribution in [0.1, 0.15) is 40.5 Å². The first-order valence-electron chi connectivity index (χ1n) is 7.71. The third-order valence-electron chi connectivity index (χ3n) is 3.79. The van der Waals surface area contributed by atoms with Crippen molar-refractivity contribution < 1.29 is 9.53 Å². The molecule has 1 fully saturated rings. The van der Waals surface area contributed by atoms with Crippen molar-refractivity contribution in [1.82, 2.24) is 9.80 Å². The lowest BCUT2D eigenvalue weighted by atomic mass is 9.96. The Morgan fingerprint density at radius 1 is 1.37 bits per heavy atom. The van der Waals surface area contributed by atoms with E-state index in [-0.39, 0.29) is 12.0 Å². The number of amides is 1. The SMILES string of the molecule is CCN(CC)C(=O)C1CCCN(CCOC(C)C)C1. The number of carbonyl (C=O) groups is 1. The highest BCUT2D eigenvalue weighted by atomic mass is 16.5. The summed E-state index contributed by atoms with van der Waals surface area (Å²) < 4.78 is 5.59. The van der Waals surface area contributed by atoms with Crippen LogP contribution in [0.3, 0.4) is 0 Å². The van der Waals surface area contributed by atoms with Gasteiger partial charge in [0, 0.05) is 26.2 Å². The van der Waals surface area contributed by atoms with Crippen LogP contribution in [0.15, 0.2) is 0 Å². The van der Waals surface area contributed by atoms with Gasteiger partial charge in [-0.2, -0.15) is 0 Å². The van der Waals surface area contributed by atoms with E-state index in [2.05, 4.69) is 32.6 Å². The van der Waals surface area contributed by atoms with Crippen molar-refractivity contribution in [1.29, 1.82) is 0 Å². The van der Waals surface area contributed by atoms with Gasteiger partial charge in [-0.05, 0) is 47.1 Å². The minimum atomic E-state index is 0.188. The fraction of sp³-hybridized carbons (Fsp3) is 0.933. The minimum Gasteiger partial charge on any atom is -0.377 e. The van der Waals surface area contributed by atoms with E-state index in [1.807, 2.05) is 4.90 Å². The van der Waals surface area contributed by atoms with Crippen molar-refractivity contribution in [3.63, 3.8) is 0 Å². The van der Waals surface area contributed by atoms with E-state index >= 15 is 0 Å². The number of rotatable bonds is 7. The zero-order chi connectivity index (χ0) is 14.3. The largest absolute Gasteiger partial charge is 0.377 e. The van der Waals surface area contributed by atoms with Crippen molar-refractivity contribution in [2.24, 2.45) is 5.92 Å². The second-order valence-corrected chi connectivity index (χ2v) is 5.57. The fourth-order valence-electron chi connectivity index (χ4n) is 2.67. The van der Waals surface area contributed by atoms with Crippen LogP contribution < -0.4 is 0 Å². The summed E-state index contributed by atoms with van der Waals surface area (Å²) in [5.74, 6) is 0.521. The lowest BCUT2D eigenvalue weighted by molar-refractivity contribution is -0.137. The Bertz CT molecular complexity index is 265. The molecule has 0 N–H and O–H groups in total. The van der Waals surface area contributed by atoms with E-state index in [0.29, 0.717) is 5.91 Å². The zero-order valence-corrected chi connectivity index (χ0v) is 13.0. The molecule has 4 nitrogen and oxygen atoms in total. The third kappa shape index (κ3) is 5.49. The fourth-order valence-corrected chi connectivity index (χ4v) is 2.67. The Kier molecular flexibility index (Phi) is 7.39. The van der Waals surface area contributed by atoms with E-state index < -0.39 is 0 Å². The summed E-state index contributed by atoms with van der Waals surface area (Å²) in [5.41, 5.74) is 0. The molecule has 0 aromatic heterocycles. The van der Waals surface area contributed by atoms with Gasteiger partial charge in [-0.3, -0.25) is 4.79 Å². The molecule has 1 amide bonds. The number of ether oxygens (including phenoxy) is 1. The molecular formula is C15H30N2O2. The first kappa shape index (κ1) is 16.4. The molecule has 1 aliphatic heterocycles. The van der Waals surface area contributed by atoms with E-state index in [1.54, 1.807) is 0 Å². The molecular weight excluding hydrogens is 240 g/mol. The van der Waals surface area contributed by atoms with Gasteiger partial charge in [0.05, 0.1) is 18.6 Å². The van der Waals surface area contributed by atoms with E-state index in [4.69, 9.17) is 4.74 Å². The maximum absolute atomic E-state index is 12.4. The molecule has 1 rings (SSSR count). The monoisotopic (exact) mass is 270 g/mol. The van der Waals surface area contributed by atoms with Crippen LogP contribution in [0.5, 0.6) is 0 Å². The second-order valence-electron chi connectivity index (χ2n) is 5.57. The molecule has 0 radical (unpaired) electrons. The minimum absolute atomic E-state index is 0.188. The Morgan fingerprint density at radius 2 is 2.05 bits per heavy atom. The Labute approximate surface area is 118 Å². The molecule has 1 aliphatic rings. The van der Waals surface area contributed by atoms with Crippen LogP contribution >= 0.6 is 0 Å². The molecule has 0 aromatic carbocycles. The summed E-state index contributed by atoms with van der Waals surface area (Å²) in [6.07, 6.45) is 2.45. The molecule has 4 heteroatoms. The van der Waals surface area contributed by atoms with Crippen molar-refractivity contribution >= 4 is 5.91 Å². The Hall–Kier alpha value is -0.610. The number of piperidine rings is 1. The van der Waals surface area contributed by atoms with Crippen LogP contribution in [0.4, 0.5) is 0 Å². The average molecular weight is 270 g/mol. The summed E-state index contributed by atoms with van der Waals surface area (Å²) >= 11 is 0. The number of hydrogen-bond donors (Lipinski definition) is 0. The van der Waals surface area contributed by atoms with Gasteiger partial charge in [0.25, 0.3) is 0 Å². The average Bonchev–Trinajstić information content (AvgIpc) is 2.40. The summed E-state index contributed by atoms with van der Waals surface area (Å²) in [4.78, 5) is 16.7. The van der Waals surface area contributed by atoms with Crippen LogP contribution in [-0.4, -0.2) is 61.1 Å². The molecule has 1 heterocycles. The molecule has 1 saturated heterocycles. The molecule has 0 aliphatic carbocycles. The van der Waals surface area contributed by atoms with E-state index in [0.717, 1.165) is 52.2 Å². The van der Waals surface area contributed by atoms with Crippen molar-refractivity contribution in [3.8, 4) is 0 Å². The molecule has 19 heavy (non-hydrogen) atoms. The van der Waals surface area contributed by atoms with Gasteiger partial charge in [0.1, 0.15) is 0 Å². The highest BCUT2D eigenvalue weighted by Gasteiger charge is 2.27. The van der Waals surface area contributed by atoms with Gasteiger partial charge in [-0.25, -0.2) is 0 Å². The number of carbonyl (C=O) groups excluding carboxylic acids is 1. The predicted molar refractivity (Wildman–Crippen MR) is 78.2 cm³/mol. The maximum atomic E-state index is 12.4. The lowest BCUT2D eigenvalue weighted by Gasteiger charge is -2.34. The normalized spacial score (nSPS) is 20.8. The smallest absolute Gasteiger partial charge is 0.226 e. The topological polar surface area (TPSA) is 32.8 Å².